The molecule has 3 aromatic rings. The first-order valence-corrected chi connectivity index (χ1v) is 9.58. The Morgan fingerprint density at radius 2 is 1.85 bits per heavy atom. The molecular weight excluding hydrogens is 346 g/mol. The van der Waals surface area contributed by atoms with Gasteiger partial charge in [-0.05, 0) is 48.4 Å². The minimum atomic E-state index is 0.628. The fraction of sp³-hybridized carbons (Fsp3) is 0.300. The molecule has 136 valence electrons. The maximum absolute atomic E-state index is 5.83. The predicted molar refractivity (Wildman–Crippen MR) is 105 cm³/mol. The Hall–Kier alpha value is -2.47. The molecule has 0 saturated heterocycles. The van der Waals surface area contributed by atoms with Crippen molar-refractivity contribution in [1.82, 2.24) is 14.8 Å². The average Bonchev–Trinajstić information content (AvgIpc) is 3.06. The maximum Gasteiger partial charge on any atom is 0.191 e. The van der Waals surface area contributed by atoms with Gasteiger partial charge in [-0.25, -0.2) is 0 Å². The number of thioether (sulfide) groups is 1. The van der Waals surface area contributed by atoms with Crippen molar-refractivity contribution in [2.24, 2.45) is 7.05 Å². The Labute approximate surface area is 158 Å². The lowest BCUT2D eigenvalue weighted by Gasteiger charge is -2.07. The van der Waals surface area contributed by atoms with Gasteiger partial charge in [-0.3, -0.25) is 0 Å². The van der Waals surface area contributed by atoms with E-state index in [2.05, 4.69) is 29.3 Å². The molecule has 2 aromatic carbocycles. The lowest BCUT2D eigenvalue weighted by molar-refractivity contribution is 0.343. The number of nitrogens with zero attached hydrogens (tertiary/aromatic N) is 3. The first-order chi connectivity index (χ1) is 12.7. The van der Waals surface area contributed by atoms with Gasteiger partial charge in [0, 0.05) is 18.4 Å². The highest BCUT2D eigenvalue weighted by atomic mass is 32.2. The van der Waals surface area contributed by atoms with Gasteiger partial charge in [0.25, 0.3) is 0 Å². The highest BCUT2D eigenvalue weighted by Gasteiger charge is 2.11. The summed E-state index contributed by atoms with van der Waals surface area (Å²) in [5, 5.41) is 9.48. The summed E-state index contributed by atoms with van der Waals surface area (Å²) in [4.78, 5) is 0. The molecule has 0 amide bonds. The molecule has 0 unspecified atom stereocenters. The Morgan fingerprint density at radius 1 is 1.04 bits per heavy atom. The predicted octanol–water partition coefficient (Wildman–Crippen LogP) is 4.22. The summed E-state index contributed by atoms with van der Waals surface area (Å²) in [6, 6.07) is 16.1. The van der Waals surface area contributed by atoms with E-state index in [0.29, 0.717) is 6.61 Å². The molecule has 0 spiro atoms. The van der Waals surface area contributed by atoms with Crippen LogP contribution in [0.3, 0.4) is 0 Å². The monoisotopic (exact) mass is 369 g/mol. The van der Waals surface area contributed by atoms with Crippen molar-refractivity contribution < 1.29 is 9.47 Å². The summed E-state index contributed by atoms with van der Waals surface area (Å²) in [5.74, 6) is 3.40. The first-order valence-electron chi connectivity index (χ1n) is 8.59. The van der Waals surface area contributed by atoms with E-state index in [-0.39, 0.29) is 0 Å². The molecule has 1 aromatic heterocycles. The quantitative estimate of drug-likeness (QED) is 0.439. The van der Waals surface area contributed by atoms with E-state index in [1.165, 1.54) is 5.56 Å². The van der Waals surface area contributed by atoms with Gasteiger partial charge in [0.15, 0.2) is 11.0 Å². The highest BCUT2D eigenvalue weighted by Crippen LogP contribution is 2.24. The molecule has 0 saturated carbocycles. The summed E-state index contributed by atoms with van der Waals surface area (Å²) in [7, 11) is 3.64. The molecular formula is C20H23N3O2S. The van der Waals surface area contributed by atoms with E-state index < -0.39 is 0 Å². The fourth-order valence-corrected chi connectivity index (χ4v) is 3.31. The van der Waals surface area contributed by atoms with Crippen molar-refractivity contribution >= 4 is 11.8 Å². The summed E-state index contributed by atoms with van der Waals surface area (Å²) in [5.41, 5.74) is 2.30. The molecule has 5 nitrogen and oxygen atoms in total. The van der Waals surface area contributed by atoms with Crippen LogP contribution in [0.15, 0.2) is 53.7 Å². The molecule has 0 aliphatic rings. The minimum absolute atomic E-state index is 0.628. The number of ether oxygens (including phenoxy) is 2. The Bertz CT molecular complexity index is 847. The van der Waals surface area contributed by atoms with Crippen LogP contribution >= 0.6 is 11.8 Å². The molecule has 0 aliphatic heterocycles. The van der Waals surface area contributed by atoms with E-state index in [1.54, 1.807) is 18.9 Å². The van der Waals surface area contributed by atoms with Gasteiger partial charge in [0.1, 0.15) is 11.5 Å². The van der Waals surface area contributed by atoms with Crippen LogP contribution in [0.5, 0.6) is 11.5 Å². The van der Waals surface area contributed by atoms with Crippen LogP contribution in [0.1, 0.15) is 12.5 Å². The summed E-state index contributed by atoms with van der Waals surface area (Å²) < 4.78 is 13.0. The second kappa shape index (κ2) is 8.76. The number of hydrogen-bond acceptors (Lipinski definition) is 5. The van der Waals surface area contributed by atoms with Crippen LogP contribution in [0.2, 0.25) is 0 Å². The molecule has 0 bridgehead atoms. The average molecular weight is 369 g/mol. The summed E-state index contributed by atoms with van der Waals surface area (Å²) >= 11 is 1.64. The van der Waals surface area contributed by atoms with Crippen LogP contribution in [0, 0.1) is 0 Å². The zero-order valence-electron chi connectivity index (χ0n) is 15.3. The smallest absolute Gasteiger partial charge is 0.191 e. The molecule has 0 N–H and O–H groups in total. The molecule has 3 rings (SSSR count). The first kappa shape index (κ1) is 18.3. The largest absolute Gasteiger partial charge is 0.497 e. The molecule has 0 aliphatic carbocycles. The van der Waals surface area contributed by atoms with Gasteiger partial charge in [-0.15, -0.1) is 10.2 Å². The zero-order chi connectivity index (χ0) is 18.4. The van der Waals surface area contributed by atoms with Crippen molar-refractivity contribution in [2.45, 2.75) is 18.5 Å². The number of aryl methyl sites for hydroxylation is 1. The SMILES string of the molecule is CCc1cccc(OCCSc2nnc(-c3ccc(OC)cc3)n2C)c1. The number of benzene rings is 2. The van der Waals surface area contributed by atoms with Gasteiger partial charge >= 0.3 is 0 Å². The van der Waals surface area contributed by atoms with Gasteiger partial charge in [0.2, 0.25) is 0 Å². The van der Waals surface area contributed by atoms with Crippen molar-refractivity contribution in [1.29, 1.82) is 0 Å². The lowest BCUT2D eigenvalue weighted by Crippen LogP contribution is -2.02. The number of hydrogen-bond donors (Lipinski definition) is 0. The van der Waals surface area contributed by atoms with Crippen LogP contribution in [0.25, 0.3) is 11.4 Å². The van der Waals surface area contributed by atoms with Crippen molar-refractivity contribution in [3.63, 3.8) is 0 Å². The molecule has 0 atom stereocenters. The van der Waals surface area contributed by atoms with Crippen molar-refractivity contribution in [3.8, 4) is 22.9 Å². The van der Waals surface area contributed by atoms with Crippen LogP contribution in [-0.2, 0) is 13.5 Å². The van der Waals surface area contributed by atoms with Crippen LogP contribution in [0.4, 0.5) is 0 Å². The number of aromatic nitrogens is 3. The molecule has 0 radical (unpaired) electrons. The molecule has 1 heterocycles. The van der Waals surface area contributed by atoms with Crippen LogP contribution < -0.4 is 9.47 Å². The van der Waals surface area contributed by atoms with Crippen LogP contribution in [-0.4, -0.2) is 34.2 Å². The van der Waals surface area contributed by atoms with Gasteiger partial charge < -0.3 is 14.0 Å². The fourth-order valence-electron chi connectivity index (χ4n) is 2.58. The summed E-state index contributed by atoms with van der Waals surface area (Å²) in [6.45, 7) is 2.77. The standard InChI is InChI=1S/C20H23N3O2S/c1-4-15-6-5-7-18(14-15)25-12-13-26-20-22-21-19(23(20)2)16-8-10-17(24-3)11-9-16/h5-11,14H,4,12-13H2,1-3H3. The number of rotatable bonds is 8. The van der Waals surface area contributed by atoms with Gasteiger partial charge in [-0.2, -0.15) is 0 Å². The Morgan fingerprint density at radius 3 is 2.58 bits per heavy atom. The third-order valence-electron chi connectivity index (χ3n) is 4.07. The van der Waals surface area contributed by atoms with Gasteiger partial charge in [-0.1, -0.05) is 30.8 Å². The van der Waals surface area contributed by atoms with E-state index in [0.717, 1.165) is 40.2 Å². The molecule has 26 heavy (non-hydrogen) atoms. The topological polar surface area (TPSA) is 49.2 Å². The zero-order valence-corrected chi connectivity index (χ0v) is 16.1. The van der Waals surface area contributed by atoms with Crippen molar-refractivity contribution in [3.05, 3.63) is 54.1 Å². The normalized spacial score (nSPS) is 10.7. The molecule has 6 heteroatoms. The minimum Gasteiger partial charge on any atom is -0.497 e. The van der Waals surface area contributed by atoms with E-state index in [9.17, 15) is 0 Å². The third-order valence-corrected chi connectivity index (χ3v) is 5.06. The van der Waals surface area contributed by atoms with Gasteiger partial charge in [0.05, 0.1) is 13.7 Å². The Balaban J connectivity index is 1.56. The maximum atomic E-state index is 5.83. The van der Waals surface area contributed by atoms with E-state index in [1.807, 2.05) is 48.0 Å². The Kier molecular flexibility index (Phi) is 6.17. The highest BCUT2D eigenvalue weighted by molar-refractivity contribution is 7.99. The second-order valence-corrected chi connectivity index (χ2v) is 6.85. The number of methoxy groups -OCH3 is 1. The van der Waals surface area contributed by atoms with E-state index >= 15 is 0 Å². The lowest BCUT2D eigenvalue weighted by atomic mass is 10.2. The second-order valence-electron chi connectivity index (χ2n) is 5.79. The summed E-state index contributed by atoms with van der Waals surface area (Å²) in [6.07, 6.45) is 1.01. The molecule has 0 fully saturated rings. The van der Waals surface area contributed by atoms with E-state index in [4.69, 9.17) is 9.47 Å². The van der Waals surface area contributed by atoms with Crippen molar-refractivity contribution in [2.75, 3.05) is 19.5 Å². The third kappa shape index (κ3) is 4.38.